The van der Waals surface area contributed by atoms with Gasteiger partial charge in [-0.15, -0.1) is 0 Å². The van der Waals surface area contributed by atoms with Crippen LogP contribution in [0.1, 0.15) is 40.0 Å². The van der Waals surface area contributed by atoms with Crippen molar-refractivity contribution < 1.29 is 4.79 Å². The summed E-state index contributed by atoms with van der Waals surface area (Å²) in [6, 6.07) is 0. The third-order valence-corrected chi connectivity index (χ3v) is 3.64. The van der Waals surface area contributed by atoms with Crippen LogP contribution in [0, 0.1) is 17.3 Å². The van der Waals surface area contributed by atoms with Crippen LogP contribution in [0.15, 0.2) is 23.3 Å². The molecule has 1 heteroatoms. The minimum absolute atomic E-state index is 0.301. The molecule has 0 bridgehead atoms. The predicted molar refractivity (Wildman–Crippen MR) is 62.5 cm³/mol. The van der Waals surface area contributed by atoms with Crippen molar-refractivity contribution in [1.29, 1.82) is 0 Å². The first-order valence-corrected chi connectivity index (χ1v) is 5.88. The van der Waals surface area contributed by atoms with Crippen molar-refractivity contribution in [3.8, 4) is 0 Å². The lowest BCUT2D eigenvalue weighted by Gasteiger charge is -2.26. The Morgan fingerprint density at radius 3 is 2.40 bits per heavy atom. The van der Waals surface area contributed by atoms with Gasteiger partial charge >= 0.3 is 0 Å². The van der Waals surface area contributed by atoms with Gasteiger partial charge in [0.1, 0.15) is 6.29 Å². The molecular formula is C14H20O. The Kier molecular flexibility index (Phi) is 2.57. The first-order valence-electron chi connectivity index (χ1n) is 5.88. The molecule has 1 saturated carbocycles. The van der Waals surface area contributed by atoms with Gasteiger partial charge < -0.3 is 4.79 Å². The Morgan fingerprint density at radius 2 is 2.00 bits per heavy atom. The van der Waals surface area contributed by atoms with Crippen LogP contribution in [0.2, 0.25) is 0 Å². The first kappa shape index (κ1) is 10.7. The number of allylic oxidation sites excluding steroid dienone is 4. The molecule has 2 atom stereocenters. The number of carbonyl (C=O) groups is 1. The van der Waals surface area contributed by atoms with E-state index in [1.54, 1.807) is 0 Å². The van der Waals surface area contributed by atoms with Crippen molar-refractivity contribution in [2.75, 3.05) is 0 Å². The summed E-state index contributed by atoms with van der Waals surface area (Å²) in [4.78, 5) is 10.6. The van der Waals surface area contributed by atoms with E-state index in [1.807, 2.05) is 0 Å². The van der Waals surface area contributed by atoms with Crippen molar-refractivity contribution in [1.82, 2.24) is 0 Å². The minimum Gasteiger partial charge on any atom is -0.303 e. The number of aldehydes is 1. The van der Waals surface area contributed by atoms with E-state index >= 15 is 0 Å². The van der Waals surface area contributed by atoms with Gasteiger partial charge in [0, 0.05) is 5.92 Å². The maximum Gasteiger partial charge on any atom is 0.123 e. The van der Waals surface area contributed by atoms with E-state index in [-0.39, 0.29) is 0 Å². The van der Waals surface area contributed by atoms with Crippen molar-refractivity contribution in [2.45, 2.75) is 40.0 Å². The number of hydrogen-bond acceptors (Lipinski definition) is 1. The van der Waals surface area contributed by atoms with Crippen LogP contribution in [-0.2, 0) is 4.79 Å². The molecular weight excluding hydrogens is 184 g/mol. The fourth-order valence-electron chi connectivity index (χ4n) is 2.38. The molecule has 1 nitrogen and oxygen atoms in total. The highest BCUT2D eigenvalue weighted by molar-refractivity contribution is 5.60. The topological polar surface area (TPSA) is 17.1 Å². The van der Waals surface area contributed by atoms with E-state index in [2.05, 4.69) is 32.9 Å². The molecule has 2 rings (SSSR count). The molecule has 2 unspecified atom stereocenters. The van der Waals surface area contributed by atoms with Gasteiger partial charge in [0.05, 0.1) is 0 Å². The highest BCUT2D eigenvalue weighted by Crippen LogP contribution is 2.46. The van der Waals surface area contributed by atoms with Crippen molar-refractivity contribution in [2.24, 2.45) is 17.3 Å². The molecule has 0 aromatic rings. The van der Waals surface area contributed by atoms with Crippen molar-refractivity contribution in [3.63, 3.8) is 0 Å². The molecule has 1 fully saturated rings. The van der Waals surface area contributed by atoms with Gasteiger partial charge in [0.25, 0.3) is 0 Å². The summed E-state index contributed by atoms with van der Waals surface area (Å²) in [7, 11) is 0. The number of hydrogen-bond donors (Lipinski definition) is 0. The van der Waals surface area contributed by atoms with Crippen molar-refractivity contribution >= 4 is 6.29 Å². The summed E-state index contributed by atoms with van der Waals surface area (Å²) in [6.07, 6.45) is 9.09. The van der Waals surface area contributed by atoms with E-state index in [0.29, 0.717) is 17.3 Å². The van der Waals surface area contributed by atoms with E-state index in [1.165, 1.54) is 17.6 Å². The summed E-state index contributed by atoms with van der Waals surface area (Å²) in [6.45, 7) is 6.80. The van der Waals surface area contributed by atoms with Gasteiger partial charge in [-0.1, -0.05) is 44.1 Å². The predicted octanol–water partition coefficient (Wildman–Crippen LogP) is 3.51. The Hall–Kier alpha value is -0.850. The van der Waals surface area contributed by atoms with E-state index in [0.717, 1.165) is 19.1 Å². The molecule has 0 saturated heterocycles. The van der Waals surface area contributed by atoms with Gasteiger partial charge in [0.15, 0.2) is 0 Å². The Morgan fingerprint density at radius 1 is 1.27 bits per heavy atom. The molecule has 2 aliphatic rings. The lowest BCUT2D eigenvalue weighted by molar-refractivity contribution is -0.109. The minimum atomic E-state index is 0.301. The van der Waals surface area contributed by atoms with Crippen LogP contribution < -0.4 is 0 Å². The number of rotatable bonds is 2. The quantitative estimate of drug-likeness (QED) is 0.629. The summed E-state index contributed by atoms with van der Waals surface area (Å²) in [5.41, 5.74) is 3.34. The summed E-state index contributed by atoms with van der Waals surface area (Å²) >= 11 is 0. The standard InChI is InChI=1S/C14H20O/c1-14(2,3)12-6-4-10(5-7-12)13-8-11(13)9-15/h4,6,9,11,13H,5,7-8H2,1-3H3. The molecule has 0 aromatic carbocycles. The Bertz CT molecular complexity index is 328. The lowest BCUT2D eigenvalue weighted by Crippen LogP contribution is -2.12. The summed E-state index contributed by atoms with van der Waals surface area (Å²) in [5, 5.41) is 0. The third kappa shape index (κ3) is 2.22. The average Bonchev–Trinajstić information content (AvgIpc) is 2.95. The van der Waals surface area contributed by atoms with Crippen LogP contribution in [0.4, 0.5) is 0 Å². The molecule has 82 valence electrons. The summed E-state index contributed by atoms with van der Waals surface area (Å²) in [5.74, 6) is 0.918. The van der Waals surface area contributed by atoms with E-state index < -0.39 is 0 Å². The molecule has 0 amide bonds. The molecule has 0 radical (unpaired) electrons. The molecule has 0 aliphatic heterocycles. The lowest BCUT2D eigenvalue weighted by atomic mass is 9.80. The van der Waals surface area contributed by atoms with Gasteiger partial charge in [-0.25, -0.2) is 0 Å². The smallest absolute Gasteiger partial charge is 0.123 e. The molecule has 2 aliphatic carbocycles. The number of carbonyl (C=O) groups excluding carboxylic acids is 1. The van der Waals surface area contributed by atoms with Crippen LogP contribution >= 0.6 is 0 Å². The molecule has 15 heavy (non-hydrogen) atoms. The SMILES string of the molecule is CC(C)(C)C1=CC=C(C2CC2C=O)CC1. The second kappa shape index (κ2) is 3.62. The maximum absolute atomic E-state index is 10.6. The van der Waals surface area contributed by atoms with Crippen LogP contribution in [0.3, 0.4) is 0 Å². The van der Waals surface area contributed by atoms with Crippen LogP contribution in [0.5, 0.6) is 0 Å². The van der Waals surface area contributed by atoms with E-state index in [9.17, 15) is 4.79 Å². The second-order valence-electron chi connectivity index (χ2n) is 5.83. The van der Waals surface area contributed by atoms with Crippen LogP contribution in [-0.4, -0.2) is 6.29 Å². The first-order chi connectivity index (χ1) is 7.02. The fraction of sp³-hybridized carbons (Fsp3) is 0.643. The van der Waals surface area contributed by atoms with Crippen LogP contribution in [0.25, 0.3) is 0 Å². The van der Waals surface area contributed by atoms with Gasteiger partial charge in [-0.2, -0.15) is 0 Å². The molecule has 0 heterocycles. The maximum atomic E-state index is 10.6. The zero-order chi connectivity index (χ0) is 11.1. The average molecular weight is 204 g/mol. The fourth-order valence-corrected chi connectivity index (χ4v) is 2.38. The van der Waals surface area contributed by atoms with Gasteiger partial charge in [-0.05, 0) is 30.6 Å². The van der Waals surface area contributed by atoms with Gasteiger partial charge in [-0.3, -0.25) is 0 Å². The third-order valence-electron chi connectivity index (χ3n) is 3.64. The highest BCUT2D eigenvalue weighted by Gasteiger charge is 2.39. The van der Waals surface area contributed by atoms with E-state index in [4.69, 9.17) is 0 Å². The zero-order valence-electron chi connectivity index (χ0n) is 9.92. The molecule has 0 spiro atoms. The normalized spacial score (nSPS) is 30.6. The Balaban J connectivity index is 2.05. The largest absolute Gasteiger partial charge is 0.303 e. The molecule has 0 aromatic heterocycles. The zero-order valence-corrected chi connectivity index (χ0v) is 9.92. The Labute approximate surface area is 92.3 Å². The molecule has 0 N–H and O–H groups in total. The monoisotopic (exact) mass is 204 g/mol. The summed E-state index contributed by atoms with van der Waals surface area (Å²) < 4.78 is 0. The van der Waals surface area contributed by atoms with Crippen molar-refractivity contribution in [3.05, 3.63) is 23.3 Å². The highest BCUT2D eigenvalue weighted by atomic mass is 16.1. The second-order valence-corrected chi connectivity index (χ2v) is 5.83. The van der Waals surface area contributed by atoms with Gasteiger partial charge in [0.2, 0.25) is 0 Å².